The molecule has 2 heterocycles. The lowest BCUT2D eigenvalue weighted by Gasteiger charge is -2.34. The number of carbonyl (C=O) groups excluding carboxylic acids is 1. The van der Waals surface area contributed by atoms with Gasteiger partial charge in [-0.15, -0.1) is 0 Å². The van der Waals surface area contributed by atoms with E-state index < -0.39 is 0 Å². The Kier molecular flexibility index (Phi) is 7.30. The summed E-state index contributed by atoms with van der Waals surface area (Å²) in [6, 6.07) is 9.65. The third-order valence-electron chi connectivity index (χ3n) is 5.12. The molecule has 1 amide bonds. The van der Waals surface area contributed by atoms with Crippen molar-refractivity contribution in [1.29, 1.82) is 0 Å². The molecule has 7 heteroatoms. The molecule has 0 aliphatic carbocycles. The molecule has 1 aromatic carbocycles. The smallest absolute Gasteiger partial charge is 0.258 e. The number of hydrogen-bond donors (Lipinski definition) is 1. The fourth-order valence-electron chi connectivity index (χ4n) is 3.29. The minimum Gasteiger partial charge on any atom is -0.493 e. The quantitative estimate of drug-likeness (QED) is 0.736. The molecule has 0 spiro atoms. The highest BCUT2D eigenvalue weighted by atomic mass is 16.5. The van der Waals surface area contributed by atoms with Crippen LogP contribution < -0.4 is 19.7 Å². The van der Waals surface area contributed by atoms with Crippen LogP contribution in [0.5, 0.6) is 11.5 Å². The molecule has 29 heavy (non-hydrogen) atoms. The number of aromatic nitrogens is 1. The molecule has 1 N–H and O–H groups in total. The van der Waals surface area contributed by atoms with Crippen LogP contribution >= 0.6 is 0 Å². The van der Waals surface area contributed by atoms with Crippen molar-refractivity contribution in [3.8, 4) is 11.5 Å². The maximum Gasteiger partial charge on any atom is 0.258 e. The van der Waals surface area contributed by atoms with E-state index in [1.54, 1.807) is 7.11 Å². The number of piperazine rings is 1. The highest BCUT2D eigenvalue weighted by Gasteiger charge is 2.16. The zero-order chi connectivity index (χ0) is 20.6. The van der Waals surface area contributed by atoms with Gasteiger partial charge in [-0.2, -0.15) is 0 Å². The van der Waals surface area contributed by atoms with Gasteiger partial charge in [0.25, 0.3) is 5.91 Å². The van der Waals surface area contributed by atoms with Crippen molar-refractivity contribution < 1.29 is 14.3 Å². The SMILES string of the molecule is CCN1CCN(c2ccc(CNC(=O)COc3ccc(C)cc3OC)cn2)CC1. The van der Waals surface area contributed by atoms with E-state index in [1.807, 2.05) is 43.5 Å². The number of rotatable bonds is 8. The standard InChI is InChI=1S/C22H30N4O3/c1-4-25-9-11-26(12-10-25)21-8-6-18(14-23-21)15-24-22(27)16-29-19-7-5-17(2)13-20(19)28-3/h5-8,13-14H,4,9-12,15-16H2,1-3H3,(H,24,27). The van der Waals surface area contributed by atoms with Crippen LogP contribution in [0.3, 0.4) is 0 Å². The van der Waals surface area contributed by atoms with Gasteiger partial charge in [0, 0.05) is 38.9 Å². The largest absolute Gasteiger partial charge is 0.493 e. The summed E-state index contributed by atoms with van der Waals surface area (Å²) in [6.07, 6.45) is 1.83. The number of likely N-dealkylation sites (N-methyl/N-ethyl adjacent to an activating group) is 1. The molecular formula is C22H30N4O3. The molecule has 0 radical (unpaired) electrons. The first-order chi connectivity index (χ1) is 14.1. The van der Waals surface area contributed by atoms with E-state index in [4.69, 9.17) is 9.47 Å². The Morgan fingerprint density at radius 1 is 1.14 bits per heavy atom. The minimum atomic E-state index is -0.188. The van der Waals surface area contributed by atoms with Gasteiger partial charge in [-0.05, 0) is 42.8 Å². The molecule has 1 saturated heterocycles. The van der Waals surface area contributed by atoms with Gasteiger partial charge in [0.15, 0.2) is 18.1 Å². The Bertz CT molecular complexity index is 802. The molecule has 7 nitrogen and oxygen atoms in total. The van der Waals surface area contributed by atoms with E-state index in [9.17, 15) is 4.79 Å². The second-order valence-electron chi connectivity index (χ2n) is 7.17. The molecule has 1 aliphatic rings. The fraction of sp³-hybridized carbons (Fsp3) is 0.455. The molecule has 1 aliphatic heterocycles. The minimum absolute atomic E-state index is 0.0629. The van der Waals surface area contributed by atoms with E-state index in [1.165, 1.54) is 0 Å². The number of pyridine rings is 1. The van der Waals surface area contributed by atoms with Crippen LogP contribution in [0.2, 0.25) is 0 Å². The van der Waals surface area contributed by atoms with Gasteiger partial charge in [-0.3, -0.25) is 4.79 Å². The summed E-state index contributed by atoms with van der Waals surface area (Å²) < 4.78 is 10.9. The first kappa shape index (κ1) is 20.9. The van der Waals surface area contributed by atoms with Crippen molar-refractivity contribution in [3.05, 3.63) is 47.7 Å². The molecule has 1 aromatic heterocycles. The topological polar surface area (TPSA) is 66.9 Å². The van der Waals surface area contributed by atoms with Gasteiger partial charge in [-0.1, -0.05) is 19.1 Å². The van der Waals surface area contributed by atoms with Crippen molar-refractivity contribution >= 4 is 11.7 Å². The van der Waals surface area contributed by atoms with Crippen molar-refractivity contribution in [3.63, 3.8) is 0 Å². The van der Waals surface area contributed by atoms with Gasteiger partial charge in [-0.25, -0.2) is 4.98 Å². The van der Waals surface area contributed by atoms with E-state index >= 15 is 0 Å². The number of amides is 1. The Balaban J connectivity index is 1.44. The number of benzene rings is 1. The summed E-state index contributed by atoms with van der Waals surface area (Å²) in [5.74, 6) is 1.98. The molecule has 0 atom stereocenters. The first-order valence-corrected chi connectivity index (χ1v) is 10.1. The van der Waals surface area contributed by atoms with Crippen LogP contribution in [0.4, 0.5) is 5.82 Å². The van der Waals surface area contributed by atoms with Crippen molar-refractivity contribution in [2.45, 2.75) is 20.4 Å². The fourth-order valence-corrected chi connectivity index (χ4v) is 3.29. The van der Waals surface area contributed by atoms with Gasteiger partial charge in [0.1, 0.15) is 5.82 Å². The number of aryl methyl sites for hydroxylation is 1. The summed E-state index contributed by atoms with van der Waals surface area (Å²) in [4.78, 5) is 21.4. The number of anilines is 1. The van der Waals surface area contributed by atoms with Crippen molar-refractivity contribution in [1.82, 2.24) is 15.2 Å². The maximum absolute atomic E-state index is 12.1. The molecular weight excluding hydrogens is 368 g/mol. The van der Waals surface area contributed by atoms with Crippen LogP contribution in [0, 0.1) is 6.92 Å². The zero-order valence-electron chi connectivity index (χ0n) is 17.5. The molecule has 2 aromatic rings. The molecule has 3 rings (SSSR count). The molecule has 1 fully saturated rings. The second kappa shape index (κ2) is 10.1. The van der Waals surface area contributed by atoms with Crippen LogP contribution in [0.15, 0.2) is 36.5 Å². The van der Waals surface area contributed by atoms with Gasteiger partial charge in [0.05, 0.1) is 7.11 Å². The molecule has 0 bridgehead atoms. The van der Waals surface area contributed by atoms with Crippen LogP contribution in [0.25, 0.3) is 0 Å². The number of hydrogen-bond acceptors (Lipinski definition) is 6. The summed E-state index contributed by atoms with van der Waals surface area (Å²) >= 11 is 0. The third kappa shape index (κ3) is 5.84. The van der Waals surface area contributed by atoms with E-state index in [2.05, 4.69) is 27.0 Å². The van der Waals surface area contributed by atoms with Crippen LogP contribution in [0.1, 0.15) is 18.1 Å². The predicted octanol–water partition coefficient (Wildman–Crippen LogP) is 2.24. The molecule has 0 unspecified atom stereocenters. The second-order valence-corrected chi connectivity index (χ2v) is 7.17. The van der Waals surface area contributed by atoms with E-state index in [0.29, 0.717) is 18.0 Å². The number of ether oxygens (including phenoxy) is 2. The zero-order valence-corrected chi connectivity index (χ0v) is 17.5. The Morgan fingerprint density at radius 3 is 2.59 bits per heavy atom. The van der Waals surface area contributed by atoms with Gasteiger partial charge >= 0.3 is 0 Å². The first-order valence-electron chi connectivity index (χ1n) is 10.1. The Hall–Kier alpha value is -2.80. The maximum atomic E-state index is 12.1. The summed E-state index contributed by atoms with van der Waals surface area (Å²) in [7, 11) is 1.59. The summed E-state index contributed by atoms with van der Waals surface area (Å²) in [6.45, 7) is 9.76. The average Bonchev–Trinajstić information content (AvgIpc) is 2.77. The summed E-state index contributed by atoms with van der Waals surface area (Å²) in [5, 5.41) is 2.87. The highest BCUT2D eigenvalue weighted by molar-refractivity contribution is 5.77. The van der Waals surface area contributed by atoms with Crippen molar-refractivity contribution in [2.24, 2.45) is 0 Å². The molecule has 0 saturated carbocycles. The third-order valence-corrected chi connectivity index (χ3v) is 5.12. The van der Waals surface area contributed by atoms with Crippen LogP contribution in [-0.2, 0) is 11.3 Å². The Labute approximate surface area is 172 Å². The lowest BCUT2D eigenvalue weighted by molar-refractivity contribution is -0.123. The number of carbonyl (C=O) groups is 1. The van der Waals surface area contributed by atoms with E-state index in [0.717, 1.165) is 49.7 Å². The number of nitrogens with one attached hydrogen (secondary N) is 1. The summed E-state index contributed by atoms with van der Waals surface area (Å²) in [5.41, 5.74) is 2.03. The average molecular weight is 399 g/mol. The van der Waals surface area contributed by atoms with E-state index in [-0.39, 0.29) is 12.5 Å². The Morgan fingerprint density at radius 2 is 1.93 bits per heavy atom. The van der Waals surface area contributed by atoms with Gasteiger partial charge < -0.3 is 24.6 Å². The molecule has 156 valence electrons. The monoisotopic (exact) mass is 398 g/mol. The lowest BCUT2D eigenvalue weighted by atomic mass is 10.2. The number of methoxy groups -OCH3 is 1. The number of nitrogens with zero attached hydrogens (tertiary/aromatic N) is 3. The predicted molar refractivity (Wildman–Crippen MR) is 114 cm³/mol. The normalized spacial score (nSPS) is 14.5. The lowest BCUT2D eigenvalue weighted by Crippen LogP contribution is -2.46. The highest BCUT2D eigenvalue weighted by Crippen LogP contribution is 2.27. The van der Waals surface area contributed by atoms with Gasteiger partial charge in [0.2, 0.25) is 0 Å². The van der Waals surface area contributed by atoms with Crippen LogP contribution in [-0.4, -0.2) is 62.2 Å². The van der Waals surface area contributed by atoms with Crippen molar-refractivity contribution in [2.75, 3.05) is 51.3 Å².